The third-order valence-corrected chi connectivity index (χ3v) is 5.25. The van der Waals surface area contributed by atoms with Crippen LogP contribution in [0.25, 0.3) is 17.0 Å². The van der Waals surface area contributed by atoms with E-state index in [0.29, 0.717) is 18.0 Å². The monoisotopic (exact) mass is 417 g/mol. The highest BCUT2D eigenvalue weighted by Gasteiger charge is 2.26. The molecule has 0 radical (unpaired) electrons. The second-order valence-corrected chi connectivity index (χ2v) is 7.37. The van der Waals surface area contributed by atoms with E-state index in [2.05, 4.69) is 30.6 Å². The molecular weight excluding hydrogens is 397 g/mol. The molecule has 31 heavy (non-hydrogen) atoms. The van der Waals surface area contributed by atoms with Crippen LogP contribution in [0.1, 0.15) is 6.42 Å². The maximum Gasteiger partial charge on any atom is 0.319 e. The highest BCUT2D eigenvalue weighted by molar-refractivity contribution is 5.89. The lowest BCUT2D eigenvalue weighted by atomic mass is 10.1. The summed E-state index contributed by atoms with van der Waals surface area (Å²) in [5.41, 5.74) is 2.36. The molecule has 2 N–H and O–H groups in total. The Labute approximate surface area is 177 Å². The number of halogens is 1. The van der Waals surface area contributed by atoms with Gasteiger partial charge in [-0.15, -0.1) is 0 Å². The van der Waals surface area contributed by atoms with Gasteiger partial charge in [0.2, 0.25) is 0 Å². The van der Waals surface area contributed by atoms with Gasteiger partial charge in [-0.3, -0.25) is 0 Å². The van der Waals surface area contributed by atoms with Gasteiger partial charge in [-0.05, 0) is 30.7 Å². The van der Waals surface area contributed by atoms with Gasteiger partial charge in [0, 0.05) is 36.4 Å². The number of carbonyl (C=O) groups excluding carboxylic acids is 1. The Bertz CT molecular complexity index is 1210. The van der Waals surface area contributed by atoms with Gasteiger partial charge in [-0.1, -0.05) is 30.3 Å². The molecule has 5 rings (SSSR count). The van der Waals surface area contributed by atoms with E-state index in [1.54, 1.807) is 4.52 Å². The average molecular weight is 417 g/mol. The van der Waals surface area contributed by atoms with Crippen molar-refractivity contribution in [1.82, 2.24) is 24.9 Å². The lowest BCUT2D eigenvalue weighted by Crippen LogP contribution is -2.40. The van der Waals surface area contributed by atoms with Crippen LogP contribution in [-0.2, 0) is 0 Å². The van der Waals surface area contributed by atoms with Crippen molar-refractivity contribution in [3.8, 4) is 11.3 Å². The van der Waals surface area contributed by atoms with E-state index in [0.717, 1.165) is 30.0 Å². The van der Waals surface area contributed by atoms with Crippen LogP contribution in [0.15, 0.2) is 67.0 Å². The zero-order chi connectivity index (χ0) is 21.2. The molecule has 2 aromatic heterocycles. The van der Waals surface area contributed by atoms with Gasteiger partial charge in [-0.2, -0.15) is 14.6 Å². The van der Waals surface area contributed by atoms with Gasteiger partial charge < -0.3 is 15.5 Å². The van der Waals surface area contributed by atoms with Crippen molar-refractivity contribution >= 4 is 23.3 Å². The zero-order valence-electron chi connectivity index (χ0n) is 16.6. The smallest absolute Gasteiger partial charge is 0.319 e. The molecule has 0 saturated carbocycles. The lowest BCUT2D eigenvalue weighted by molar-refractivity contribution is 0.249. The molecule has 2 aromatic carbocycles. The molecule has 0 bridgehead atoms. The number of carbonyl (C=O) groups is 1. The number of hydrogen-bond acceptors (Lipinski definition) is 5. The Balaban J connectivity index is 1.32. The molecule has 1 saturated heterocycles. The number of nitrogens with zero attached hydrogens (tertiary/aromatic N) is 5. The molecule has 156 valence electrons. The van der Waals surface area contributed by atoms with E-state index >= 15 is 0 Å². The summed E-state index contributed by atoms with van der Waals surface area (Å²) >= 11 is 0. The van der Waals surface area contributed by atoms with Crippen molar-refractivity contribution in [2.75, 3.05) is 23.3 Å². The third-order valence-electron chi connectivity index (χ3n) is 5.25. The van der Waals surface area contributed by atoms with Crippen LogP contribution in [-0.4, -0.2) is 44.7 Å². The van der Waals surface area contributed by atoms with Crippen LogP contribution < -0.4 is 15.5 Å². The maximum absolute atomic E-state index is 13.0. The highest BCUT2D eigenvalue weighted by Crippen LogP contribution is 2.26. The first-order chi connectivity index (χ1) is 15.2. The molecule has 3 heterocycles. The summed E-state index contributed by atoms with van der Waals surface area (Å²) in [7, 11) is 0. The van der Waals surface area contributed by atoms with Crippen LogP contribution in [0.4, 0.5) is 20.7 Å². The van der Waals surface area contributed by atoms with Gasteiger partial charge in [-0.25, -0.2) is 14.2 Å². The second kappa shape index (κ2) is 8.02. The molecule has 1 aliphatic rings. The molecule has 1 aliphatic heterocycles. The summed E-state index contributed by atoms with van der Waals surface area (Å²) in [5, 5.41) is 10.0. The molecule has 1 atom stereocenters. The summed E-state index contributed by atoms with van der Waals surface area (Å²) < 4.78 is 14.7. The SMILES string of the molecule is O=C(Nc1ccc(F)cc1)N[C@@H]1CCN(c2cc(-c3ccccc3)nc3ncnn23)C1. The predicted molar refractivity (Wildman–Crippen MR) is 115 cm³/mol. The lowest BCUT2D eigenvalue weighted by Gasteiger charge is -2.20. The second-order valence-electron chi connectivity index (χ2n) is 7.37. The summed E-state index contributed by atoms with van der Waals surface area (Å²) in [4.78, 5) is 23.4. The van der Waals surface area contributed by atoms with Crippen molar-refractivity contribution in [3.05, 3.63) is 72.8 Å². The molecule has 8 nitrogen and oxygen atoms in total. The van der Waals surface area contributed by atoms with E-state index in [9.17, 15) is 9.18 Å². The van der Waals surface area contributed by atoms with E-state index < -0.39 is 0 Å². The van der Waals surface area contributed by atoms with Crippen molar-refractivity contribution < 1.29 is 9.18 Å². The standard InChI is InChI=1S/C22H20FN7O/c23-16-6-8-17(9-7-16)26-22(31)27-18-10-11-29(13-18)20-12-19(15-4-2-1-3-5-15)28-21-24-14-25-30(20)21/h1-9,12,14,18H,10-11,13H2,(H2,26,27,31)/t18-/m1/s1. The topological polar surface area (TPSA) is 87.5 Å². The number of benzene rings is 2. The predicted octanol–water partition coefficient (Wildman–Crippen LogP) is 3.33. The van der Waals surface area contributed by atoms with Gasteiger partial charge in [0.05, 0.1) is 5.69 Å². The Kier molecular flexibility index (Phi) is 4.91. The normalized spacial score (nSPS) is 15.9. The van der Waals surface area contributed by atoms with Crippen LogP contribution >= 0.6 is 0 Å². The fourth-order valence-corrected chi connectivity index (χ4v) is 3.75. The zero-order valence-corrected chi connectivity index (χ0v) is 16.6. The molecular formula is C22H20FN7O. The maximum atomic E-state index is 13.0. The molecule has 4 aromatic rings. The molecule has 0 unspecified atom stereocenters. The first-order valence-electron chi connectivity index (χ1n) is 10.00. The largest absolute Gasteiger partial charge is 0.354 e. The van der Waals surface area contributed by atoms with Crippen LogP contribution in [0.3, 0.4) is 0 Å². The number of amides is 2. The molecule has 0 spiro atoms. The highest BCUT2D eigenvalue weighted by atomic mass is 19.1. The molecule has 9 heteroatoms. The fourth-order valence-electron chi connectivity index (χ4n) is 3.75. The molecule has 2 amide bonds. The summed E-state index contributed by atoms with van der Waals surface area (Å²) in [6, 6.07) is 17.2. The van der Waals surface area contributed by atoms with Crippen LogP contribution in [0, 0.1) is 5.82 Å². The van der Waals surface area contributed by atoms with Gasteiger partial charge in [0.25, 0.3) is 5.78 Å². The number of nitrogens with one attached hydrogen (secondary N) is 2. The number of fused-ring (bicyclic) bond motifs is 1. The summed E-state index contributed by atoms with van der Waals surface area (Å²) in [5.74, 6) is 1.07. The van der Waals surface area contributed by atoms with E-state index in [-0.39, 0.29) is 17.9 Å². The fraction of sp³-hybridized carbons (Fsp3) is 0.182. The minimum absolute atomic E-state index is 0.0349. The summed E-state index contributed by atoms with van der Waals surface area (Å²) in [6.45, 7) is 1.39. The van der Waals surface area contributed by atoms with E-state index in [4.69, 9.17) is 0 Å². The van der Waals surface area contributed by atoms with Crippen LogP contribution in [0.2, 0.25) is 0 Å². The van der Waals surface area contributed by atoms with E-state index in [1.807, 2.05) is 36.4 Å². The number of anilines is 2. The Morgan fingerprint density at radius 2 is 1.90 bits per heavy atom. The van der Waals surface area contributed by atoms with Gasteiger partial charge in [0.15, 0.2) is 0 Å². The molecule has 1 fully saturated rings. The first-order valence-corrected chi connectivity index (χ1v) is 10.00. The Morgan fingerprint density at radius 1 is 1.10 bits per heavy atom. The molecule has 0 aliphatic carbocycles. The minimum atomic E-state index is -0.343. The average Bonchev–Trinajstić information content (AvgIpc) is 3.45. The van der Waals surface area contributed by atoms with Crippen molar-refractivity contribution in [1.29, 1.82) is 0 Å². The minimum Gasteiger partial charge on any atom is -0.354 e. The van der Waals surface area contributed by atoms with Crippen molar-refractivity contribution in [2.45, 2.75) is 12.5 Å². The number of hydrogen-bond donors (Lipinski definition) is 2. The van der Waals surface area contributed by atoms with Gasteiger partial charge >= 0.3 is 6.03 Å². The number of urea groups is 1. The Hall–Kier alpha value is -4.01. The number of aromatic nitrogens is 4. The van der Waals surface area contributed by atoms with Crippen molar-refractivity contribution in [3.63, 3.8) is 0 Å². The first kappa shape index (κ1) is 19.0. The van der Waals surface area contributed by atoms with Crippen molar-refractivity contribution in [2.24, 2.45) is 0 Å². The third kappa shape index (κ3) is 4.02. The van der Waals surface area contributed by atoms with E-state index in [1.165, 1.54) is 30.6 Å². The quantitative estimate of drug-likeness (QED) is 0.532. The summed E-state index contributed by atoms with van der Waals surface area (Å²) in [6.07, 6.45) is 2.28. The van der Waals surface area contributed by atoms with Gasteiger partial charge in [0.1, 0.15) is 18.0 Å². The van der Waals surface area contributed by atoms with Crippen LogP contribution in [0.5, 0.6) is 0 Å². The number of rotatable bonds is 4. The Morgan fingerprint density at radius 3 is 2.71 bits per heavy atom.